The molecule has 1 N–H and O–H groups in total. The zero-order valence-corrected chi connectivity index (χ0v) is 20.8. The number of carbonyl (C=O) groups is 2. The molecule has 180 valence electrons. The van der Waals surface area contributed by atoms with E-state index in [9.17, 15) is 9.59 Å². The lowest BCUT2D eigenvalue weighted by Gasteiger charge is -2.22. The van der Waals surface area contributed by atoms with E-state index in [4.69, 9.17) is 5.10 Å². The number of carbonyl (C=O) groups excluding carboxylic acids is 2. The van der Waals surface area contributed by atoms with Gasteiger partial charge >= 0.3 is 0 Å². The van der Waals surface area contributed by atoms with E-state index in [1.54, 1.807) is 9.58 Å². The van der Waals surface area contributed by atoms with Crippen LogP contribution in [0.5, 0.6) is 0 Å². The molecular weight excluding hydrogens is 436 g/mol. The van der Waals surface area contributed by atoms with Crippen LogP contribution in [0.2, 0.25) is 0 Å². The van der Waals surface area contributed by atoms with E-state index in [-0.39, 0.29) is 23.8 Å². The predicted octanol–water partition coefficient (Wildman–Crippen LogP) is 5.81. The number of nitrogens with one attached hydrogen (secondary N) is 1. The Labute approximate surface area is 206 Å². The zero-order valence-electron chi connectivity index (χ0n) is 20.8. The molecule has 0 saturated carbocycles. The number of amides is 2. The number of aromatic nitrogens is 2. The molecule has 6 nitrogen and oxygen atoms in total. The average Bonchev–Trinajstić information content (AvgIpc) is 3.28. The van der Waals surface area contributed by atoms with Gasteiger partial charge in [0.25, 0.3) is 5.91 Å². The summed E-state index contributed by atoms with van der Waals surface area (Å²) >= 11 is 0. The summed E-state index contributed by atoms with van der Waals surface area (Å²) in [4.78, 5) is 28.1. The number of benzene rings is 3. The Morgan fingerprint density at radius 1 is 0.914 bits per heavy atom. The number of anilines is 1. The van der Waals surface area contributed by atoms with Gasteiger partial charge in [-0.25, -0.2) is 4.68 Å². The highest BCUT2D eigenvalue weighted by Gasteiger charge is 2.23. The molecule has 2 amide bonds. The van der Waals surface area contributed by atoms with Crippen molar-refractivity contribution in [3.63, 3.8) is 0 Å². The summed E-state index contributed by atoms with van der Waals surface area (Å²) in [7, 11) is 0. The number of para-hydroxylation sites is 1. The molecule has 0 atom stereocenters. The first kappa shape index (κ1) is 24.2. The molecule has 0 aliphatic rings. The second kappa shape index (κ2) is 10.1. The number of hydrogen-bond donors (Lipinski definition) is 1. The Morgan fingerprint density at radius 3 is 2.29 bits per heavy atom. The standard InChI is InChI=1S/C29H32N4O2/c1-5-17-32(28(35)23-16-15-21-11-9-10-12-22(21)18-23)20-27(34)30-26-19-25(29(2,3)4)31-33(26)24-13-7-6-8-14-24/h6-16,18-19H,5,17,20H2,1-4H3,(H,30,34). The van der Waals surface area contributed by atoms with Crippen molar-refractivity contribution in [2.45, 2.75) is 39.5 Å². The second-order valence-corrected chi connectivity index (χ2v) is 9.75. The van der Waals surface area contributed by atoms with Crippen molar-refractivity contribution in [1.29, 1.82) is 0 Å². The van der Waals surface area contributed by atoms with E-state index in [0.29, 0.717) is 17.9 Å². The molecule has 4 aromatic rings. The van der Waals surface area contributed by atoms with Gasteiger partial charge in [0.15, 0.2) is 0 Å². The number of nitrogens with zero attached hydrogens (tertiary/aromatic N) is 3. The maximum absolute atomic E-state index is 13.3. The van der Waals surface area contributed by atoms with Crippen LogP contribution in [0.25, 0.3) is 16.5 Å². The minimum Gasteiger partial charge on any atom is -0.329 e. The van der Waals surface area contributed by atoms with Crippen LogP contribution in [0.1, 0.15) is 50.2 Å². The number of fused-ring (bicyclic) bond motifs is 1. The first-order valence-electron chi connectivity index (χ1n) is 12.0. The van der Waals surface area contributed by atoms with Gasteiger partial charge < -0.3 is 10.2 Å². The summed E-state index contributed by atoms with van der Waals surface area (Å²) in [5.41, 5.74) is 2.12. The van der Waals surface area contributed by atoms with Gasteiger partial charge in [-0.2, -0.15) is 5.10 Å². The van der Waals surface area contributed by atoms with Crippen LogP contribution >= 0.6 is 0 Å². The normalized spacial score (nSPS) is 11.4. The third-order valence-electron chi connectivity index (χ3n) is 5.86. The van der Waals surface area contributed by atoms with Gasteiger partial charge in [0.2, 0.25) is 5.91 Å². The number of rotatable bonds is 7. The summed E-state index contributed by atoms with van der Waals surface area (Å²) in [6.45, 7) is 8.71. The minimum atomic E-state index is -0.259. The largest absolute Gasteiger partial charge is 0.329 e. The van der Waals surface area contributed by atoms with Gasteiger partial charge in [0, 0.05) is 23.6 Å². The average molecular weight is 469 g/mol. The molecule has 3 aromatic carbocycles. The summed E-state index contributed by atoms with van der Waals surface area (Å²) in [6, 6.07) is 25.2. The predicted molar refractivity (Wildman–Crippen MR) is 141 cm³/mol. The molecule has 1 heterocycles. The van der Waals surface area contributed by atoms with Gasteiger partial charge in [-0.15, -0.1) is 0 Å². The SMILES string of the molecule is CCCN(CC(=O)Nc1cc(C(C)(C)C)nn1-c1ccccc1)C(=O)c1ccc2ccccc2c1. The summed E-state index contributed by atoms with van der Waals surface area (Å²) in [5, 5.41) is 9.82. The van der Waals surface area contributed by atoms with Crippen molar-refractivity contribution in [3.05, 3.63) is 90.1 Å². The van der Waals surface area contributed by atoms with E-state index in [0.717, 1.165) is 28.6 Å². The Balaban J connectivity index is 1.56. The first-order valence-corrected chi connectivity index (χ1v) is 12.0. The van der Waals surface area contributed by atoms with E-state index in [1.165, 1.54) is 0 Å². The fourth-order valence-electron chi connectivity index (χ4n) is 3.99. The maximum atomic E-state index is 13.3. The first-order chi connectivity index (χ1) is 16.8. The molecule has 0 saturated heterocycles. The Kier molecular flexibility index (Phi) is 7.01. The Hall–Kier alpha value is -3.93. The summed E-state index contributed by atoms with van der Waals surface area (Å²) < 4.78 is 1.74. The van der Waals surface area contributed by atoms with Crippen LogP contribution in [-0.2, 0) is 10.2 Å². The molecule has 4 rings (SSSR count). The topological polar surface area (TPSA) is 67.2 Å². The van der Waals surface area contributed by atoms with Crippen LogP contribution in [0.15, 0.2) is 78.9 Å². The molecule has 0 spiro atoms. The molecule has 35 heavy (non-hydrogen) atoms. The molecule has 0 unspecified atom stereocenters. The van der Waals surface area contributed by atoms with Crippen LogP contribution < -0.4 is 5.32 Å². The van der Waals surface area contributed by atoms with Gasteiger partial charge in [0.05, 0.1) is 11.4 Å². The molecule has 6 heteroatoms. The lowest BCUT2D eigenvalue weighted by molar-refractivity contribution is -0.116. The minimum absolute atomic E-state index is 0.0374. The van der Waals surface area contributed by atoms with E-state index < -0.39 is 0 Å². The Morgan fingerprint density at radius 2 is 1.60 bits per heavy atom. The zero-order chi connectivity index (χ0) is 25.0. The van der Waals surface area contributed by atoms with Crippen molar-refractivity contribution in [2.75, 3.05) is 18.4 Å². The van der Waals surface area contributed by atoms with Crippen LogP contribution in [0, 0.1) is 0 Å². The summed E-state index contributed by atoms with van der Waals surface area (Å²) in [6.07, 6.45) is 0.753. The highest BCUT2D eigenvalue weighted by atomic mass is 16.2. The summed E-state index contributed by atoms with van der Waals surface area (Å²) in [5.74, 6) is 0.172. The third-order valence-corrected chi connectivity index (χ3v) is 5.86. The molecule has 0 aliphatic heterocycles. The molecule has 1 aromatic heterocycles. The van der Waals surface area contributed by atoms with Crippen molar-refractivity contribution in [2.24, 2.45) is 0 Å². The van der Waals surface area contributed by atoms with Crippen molar-refractivity contribution >= 4 is 28.4 Å². The maximum Gasteiger partial charge on any atom is 0.254 e. The highest BCUT2D eigenvalue weighted by Crippen LogP contribution is 2.26. The van der Waals surface area contributed by atoms with Crippen LogP contribution in [0.3, 0.4) is 0 Å². The molecule has 0 radical (unpaired) electrons. The Bertz CT molecular complexity index is 1340. The third kappa shape index (κ3) is 5.60. The molecular formula is C29H32N4O2. The number of hydrogen-bond acceptors (Lipinski definition) is 3. The van der Waals surface area contributed by atoms with Crippen molar-refractivity contribution in [3.8, 4) is 5.69 Å². The van der Waals surface area contributed by atoms with Crippen LogP contribution in [0.4, 0.5) is 5.82 Å². The van der Waals surface area contributed by atoms with Gasteiger partial charge in [-0.1, -0.05) is 76.2 Å². The highest BCUT2D eigenvalue weighted by molar-refractivity contribution is 6.01. The second-order valence-electron chi connectivity index (χ2n) is 9.75. The van der Waals surface area contributed by atoms with E-state index in [2.05, 4.69) is 26.1 Å². The van der Waals surface area contributed by atoms with Crippen LogP contribution in [-0.4, -0.2) is 39.6 Å². The lowest BCUT2D eigenvalue weighted by Crippen LogP contribution is -2.38. The smallest absolute Gasteiger partial charge is 0.254 e. The van der Waals surface area contributed by atoms with Gasteiger partial charge in [-0.05, 0) is 41.5 Å². The molecule has 0 bridgehead atoms. The quantitative estimate of drug-likeness (QED) is 0.372. The van der Waals surface area contributed by atoms with E-state index in [1.807, 2.05) is 85.8 Å². The molecule has 0 fully saturated rings. The molecule has 0 aliphatic carbocycles. The van der Waals surface area contributed by atoms with Crippen molar-refractivity contribution in [1.82, 2.24) is 14.7 Å². The fourth-order valence-corrected chi connectivity index (χ4v) is 3.99. The van der Waals surface area contributed by atoms with Gasteiger partial charge in [-0.3, -0.25) is 9.59 Å². The lowest BCUT2D eigenvalue weighted by atomic mass is 9.92. The van der Waals surface area contributed by atoms with Crippen molar-refractivity contribution < 1.29 is 9.59 Å². The monoisotopic (exact) mass is 468 g/mol. The van der Waals surface area contributed by atoms with Gasteiger partial charge in [0.1, 0.15) is 12.4 Å². The fraction of sp³-hybridized carbons (Fsp3) is 0.276. The van der Waals surface area contributed by atoms with E-state index >= 15 is 0 Å².